The molecule has 1 aliphatic rings. The molecule has 124 valence electrons. The van der Waals surface area contributed by atoms with E-state index >= 15 is 0 Å². The number of fused-ring (bicyclic) bond motifs is 1. The molecule has 0 saturated carbocycles. The van der Waals surface area contributed by atoms with Gasteiger partial charge >= 0.3 is 0 Å². The van der Waals surface area contributed by atoms with Crippen molar-refractivity contribution in [1.82, 2.24) is 0 Å². The van der Waals surface area contributed by atoms with E-state index in [1.165, 1.54) is 0 Å². The Hall–Kier alpha value is -2.62. The molecule has 25 heavy (non-hydrogen) atoms. The summed E-state index contributed by atoms with van der Waals surface area (Å²) >= 11 is 6.16. The number of benzene rings is 3. The van der Waals surface area contributed by atoms with E-state index in [0.717, 1.165) is 5.56 Å². The van der Waals surface area contributed by atoms with Crippen LogP contribution in [0.25, 0.3) is 0 Å². The van der Waals surface area contributed by atoms with Gasteiger partial charge in [0.2, 0.25) is 0 Å². The van der Waals surface area contributed by atoms with Gasteiger partial charge in [-0.15, -0.1) is 0 Å². The number of amides is 1. The first-order valence-corrected chi connectivity index (χ1v) is 8.42. The standard InChI is InChI=1S/C21H16ClNO2/c22-17-11-12-18-19(13-17)23(14-15-7-3-1-4-8-15)20(24)21(18,25)16-9-5-2-6-10-16/h1-13,25H,14H2/t21-/m1/s1. The fraction of sp³-hybridized carbons (Fsp3) is 0.0952. The Morgan fingerprint density at radius 3 is 2.24 bits per heavy atom. The van der Waals surface area contributed by atoms with Crippen LogP contribution in [-0.4, -0.2) is 11.0 Å². The second kappa shape index (κ2) is 6.03. The van der Waals surface area contributed by atoms with Gasteiger partial charge in [-0.3, -0.25) is 4.79 Å². The Bertz CT molecular complexity index is 927. The van der Waals surface area contributed by atoms with Crippen LogP contribution in [0.4, 0.5) is 5.69 Å². The van der Waals surface area contributed by atoms with Crippen LogP contribution in [0.5, 0.6) is 0 Å². The van der Waals surface area contributed by atoms with Crippen LogP contribution in [0.2, 0.25) is 5.02 Å². The number of aliphatic hydroxyl groups is 1. The highest BCUT2D eigenvalue weighted by atomic mass is 35.5. The van der Waals surface area contributed by atoms with Gasteiger partial charge in [-0.1, -0.05) is 78.3 Å². The second-order valence-corrected chi connectivity index (χ2v) is 6.55. The minimum Gasteiger partial charge on any atom is -0.372 e. The molecule has 4 heteroatoms. The highest BCUT2D eigenvalue weighted by molar-refractivity contribution is 6.31. The van der Waals surface area contributed by atoms with Crippen molar-refractivity contribution < 1.29 is 9.90 Å². The predicted octanol–water partition coefficient (Wildman–Crippen LogP) is 4.12. The Morgan fingerprint density at radius 1 is 0.920 bits per heavy atom. The van der Waals surface area contributed by atoms with E-state index in [1.54, 1.807) is 35.2 Å². The number of hydrogen-bond donors (Lipinski definition) is 1. The molecule has 0 saturated heterocycles. The van der Waals surface area contributed by atoms with E-state index in [2.05, 4.69) is 0 Å². The molecule has 1 atom stereocenters. The Kier molecular flexibility index (Phi) is 3.83. The highest BCUT2D eigenvalue weighted by Gasteiger charge is 2.50. The zero-order chi connectivity index (χ0) is 17.4. The number of carbonyl (C=O) groups excluding carboxylic acids is 1. The molecule has 3 aromatic carbocycles. The van der Waals surface area contributed by atoms with Crippen LogP contribution in [0, 0.1) is 0 Å². The first-order valence-electron chi connectivity index (χ1n) is 8.04. The van der Waals surface area contributed by atoms with E-state index in [4.69, 9.17) is 11.6 Å². The normalized spacial score (nSPS) is 19.1. The number of hydrogen-bond acceptors (Lipinski definition) is 2. The maximum absolute atomic E-state index is 13.2. The molecule has 0 aromatic heterocycles. The summed E-state index contributed by atoms with van der Waals surface area (Å²) in [6, 6.07) is 23.9. The molecule has 0 unspecified atom stereocenters. The number of carbonyl (C=O) groups is 1. The second-order valence-electron chi connectivity index (χ2n) is 6.11. The molecule has 0 aliphatic carbocycles. The van der Waals surface area contributed by atoms with Crippen LogP contribution >= 0.6 is 11.6 Å². The summed E-state index contributed by atoms with van der Waals surface area (Å²) in [5, 5.41) is 11.9. The van der Waals surface area contributed by atoms with Crippen LogP contribution in [0.3, 0.4) is 0 Å². The van der Waals surface area contributed by atoms with E-state index in [9.17, 15) is 9.90 Å². The Labute approximate surface area is 151 Å². The third kappa shape index (κ3) is 2.53. The molecule has 0 spiro atoms. The monoisotopic (exact) mass is 349 g/mol. The summed E-state index contributed by atoms with van der Waals surface area (Å²) in [6.45, 7) is 0.377. The van der Waals surface area contributed by atoms with Crippen molar-refractivity contribution >= 4 is 23.2 Å². The quantitative estimate of drug-likeness (QED) is 0.772. The lowest BCUT2D eigenvalue weighted by Gasteiger charge is -2.23. The van der Waals surface area contributed by atoms with Gasteiger partial charge in [0.05, 0.1) is 12.2 Å². The molecule has 3 aromatic rings. The van der Waals surface area contributed by atoms with E-state index in [1.807, 2.05) is 48.5 Å². The van der Waals surface area contributed by atoms with Crippen LogP contribution in [-0.2, 0) is 16.9 Å². The molecule has 1 N–H and O–H groups in total. The predicted molar refractivity (Wildman–Crippen MR) is 98.5 cm³/mol. The summed E-state index contributed by atoms with van der Waals surface area (Å²) in [7, 11) is 0. The molecule has 1 heterocycles. The molecule has 0 radical (unpaired) electrons. The molecule has 1 aliphatic heterocycles. The SMILES string of the molecule is O=C1N(Cc2ccccc2)c2cc(Cl)ccc2[C@]1(O)c1ccccc1. The third-order valence-electron chi connectivity index (χ3n) is 4.57. The van der Waals surface area contributed by atoms with Crippen LogP contribution in [0.15, 0.2) is 78.9 Å². The fourth-order valence-corrected chi connectivity index (χ4v) is 3.50. The first-order chi connectivity index (χ1) is 12.1. The van der Waals surface area contributed by atoms with Crippen molar-refractivity contribution in [2.45, 2.75) is 12.1 Å². The lowest BCUT2D eigenvalue weighted by molar-refractivity contribution is -0.132. The van der Waals surface area contributed by atoms with Crippen molar-refractivity contribution in [2.75, 3.05) is 4.90 Å². The fourth-order valence-electron chi connectivity index (χ4n) is 3.34. The van der Waals surface area contributed by atoms with Gasteiger partial charge in [-0.2, -0.15) is 0 Å². The largest absolute Gasteiger partial charge is 0.372 e. The minimum atomic E-state index is -1.70. The molecular weight excluding hydrogens is 334 g/mol. The molecular formula is C21H16ClNO2. The first kappa shape index (κ1) is 15.9. The van der Waals surface area contributed by atoms with E-state index < -0.39 is 5.60 Å². The van der Waals surface area contributed by atoms with Gasteiger partial charge in [0.15, 0.2) is 5.60 Å². The van der Waals surface area contributed by atoms with Gasteiger partial charge < -0.3 is 10.0 Å². The number of halogens is 1. The van der Waals surface area contributed by atoms with Crippen molar-refractivity contribution in [1.29, 1.82) is 0 Å². The Morgan fingerprint density at radius 2 is 1.56 bits per heavy atom. The number of anilines is 1. The average molecular weight is 350 g/mol. The number of nitrogens with zero attached hydrogens (tertiary/aromatic N) is 1. The molecule has 1 amide bonds. The van der Waals surface area contributed by atoms with Crippen LogP contribution < -0.4 is 4.90 Å². The third-order valence-corrected chi connectivity index (χ3v) is 4.81. The van der Waals surface area contributed by atoms with Crippen molar-refractivity contribution in [3.05, 3.63) is 101 Å². The average Bonchev–Trinajstić information content (AvgIpc) is 2.86. The zero-order valence-electron chi connectivity index (χ0n) is 13.4. The molecule has 0 bridgehead atoms. The summed E-state index contributed by atoms with van der Waals surface area (Å²) < 4.78 is 0. The van der Waals surface area contributed by atoms with Gasteiger partial charge in [0.1, 0.15) is 0 Å². The topological polar surface area (TPSA) is 40.5 Å². The lowest BCUT2D eigenvalue weighted by atomic mass is 9.87. The summed E-state index contributed by atoms with van der Waals surface area (Å²) in [5.41, 5.74) is 1.05. The summed E-state index contributed by atoms with van der Waals surface area (Å²) in [6.07, 6.45) is 0. The van der Waals surface area contributed by atoms with E-state index in [-0.39, 0.29) is 5.91 Å². The maximum atomic E-state index is 13.2. The summed E-state index contributed by atoms with van der Waals surface area (Å²) in [5.74, 6) is -0.361. The minimum absolute atomic E-state index is 0.361. The van der Waals surface area contributed by atoms with Crippen molar-refractivity contribution in [3.63, 3.8) is 0 Å². The molecule has 0 fully saturated rings. The highest BCUT2D eigenvalue weighted by Crippen LogP contribution is 2.45. The van der Waals surface area contributed by atoms with Gasteiger partial charge in [-0.05, 0) is 23.3 Å². The van der Waals surface area contributed by atoms with E-state index in [0.29, 0.717) is 28.4 Å². The van der Waals surface area contributed by atoms with Crippen molar-refractivity contribution in [3.8, 4) is 0 Å². The van der Waals surface area contributed by atoms with Gasteiger partial charge in [-0.25, -0.2) is 0 Å². The van der Waals surface area contributed by atoms with Gasteiger partial charge in [0, 0.05) is 10.6 Å². The number of rotatable bonds is 3. The Balaban J connectivity index is 1.86. The zero-order valence-corrected chi connectivity index (χ0v) is 14.1. The summed E-state index contributed by atoms with van der Waals surface area (Å²) in [4.78, 5) is 14.8. The molecule has 3 nitrogen and oxygen atoms in total. The van der Waals surface area contributed by atoms with Crippen molar-refractivity contribution in [2.24, 2.45) is 0 Å². The van der Waals surface area contributed by atoms with Gasteiger partial charge in [0.25, 0.3) is 5.91 Å². The molecule has 4 rings (SSSR count). The maximum Gasteiger partial charge on any atom is 0.268 e. The van der Waals surface area contributed by atoms with Crippen LogP contribution in [0.1, 0.15) is 16.7 Å². The lowest BCUT2D eigenvalue weighted by Crippen LogP contribution is -2.40. The smallest absolute Gasteiger partial charge is 0.268 e.